The second-order valence-electron chi connectivity index (χ2n) is 7.80. The lowest BCUT2D eigenvalue weighted by atomic mass is 9.77. The predicted octanol–water partition coefficient (Wildman–Crippen LogP) is 6.49. The van der Waals surface area contributed by atoms with Gasteiger partial charge >= 0.3 is 12.4 Å². The monoisotopic (exact) mass is 509 g/mol. The average Bonchev–Trinajstić information content (AvgIpc) is 2.79. The van der Waals surface area contributed by atoms with Gasteiger partial charge in [-0.2, -0.15) is 26.3 Å². The summed E-state index contributed by atoms with van der Waals surface area (Å²) in [5.41, 5.74) is -1.84. The Balaban J connectivity index is 0.00000137. The van der Waals surface area contributed by atoms with Crippen LogP contribution in [-0.2, 0) is 21.9 Å². The lowest BCUT2D eigenvalue weighted by Gasteiger charge is -2.30. The summed E-state index contributed by atoms with van der Waals surface area (Å²) < 4.78 is 96.2. The molecule has 0 saturated heterocycles. The Labute approximate surface area is 195 Å². The lowest BCUT2D eigenvalue weighted by Crippen LogP contribution is -2.28. The zero-order valence-corrected chi connectivity index (χ0v) is 18.3. The van der Waals surface area contributed by atoms with E-state index in [-0.39, 0.29) is 30.2 Å². The Bertz CT molecular complexity index is 1040. The molecule has 1 aliphatic rings. The van der Waals surface area contributed by atoms with Crippen LogP contribution in [0.25, 0.3) is 0 Å². The Morgan fingerprint density at radius 1 is 1.03 bits per heavy atom. The zero-order valence-electron chi connectivity index (χ0n) is 18.3. The second kappa shape index (κ2) is 11.4. The molecule has 0 aromatic heterocycles. The fourth-order valence-electron chi connectivity index (χ4n) is 3.96. The third kappa shape index (κ3) is 7.33. The van der Waals surface area contributed by atoms with E-state index in [0.29, 0.717) is 37.0 Å². The lowest BCUT2D eigenvalue weighted by molar-refractivity contribution is -0.138. The highest BCUT2D eigenvalue weighted by atomic mass is 19.4. The summed E-state index contributed by atoms with van der Waals surface area (Å²) in [6.45, 7) is -0.250. The van der Waals surface area contributed by atoms with E-state index in [9.17, 15) is 35.5 Å². The van der Waals surface area contributed by atoms with Gasteiger partial charge in [0.15, 0.2) is 0 Å². The van der Waals surface area contributed by atoms with Crippen molar-refractivity contribution >= 4 is 18.1 Å². The summed E-state index contributed by atoms with van der Waals surface area (Å²) in [6, 6.07) is 5.05. The summed E-state index contributed by atoms with van der Waals surface area (Å²) in [7, 11) is 1.26. The maximum atomic E-state index is 14.1. The minimum absolute atomic E-state index is 0.0691. The molecule has 0 bridgehead atoms. The molecular formula is C23H22F7NO4. The number of halogens is 7. The zero-order chi connectivity index (χ0) is 26.4. The summed E-state index contributed by atoms with van der Waals surface area (Å²) in [5, 5.41) is 9.22. The number of nitrogens with one attached hydrogen (secondary N) is 1. The van der Waals surface area contributed by atoms with Crippen LogP contribution in [0, 0.1) is 11.7 Å². The molecule has 1 fully saturated rings. The molecule has 0 heterocycles. The van der Waals surface area contributed by atoms with Gasteiger partial charge in [-0.25, -0.2) is 4.39 Å². The first kappa shape index (κ1) is 27.9. The van der Waals surface area contributed by atoms with Crippen LogP contribution in [0.2, 0.25) is 0 Å². The van der Waals surface area contributed by atoms with Gasteiger partial charge in [0.25, 0.3) is 6.47 Å². The smallest absolute Gasteiger partial charge is 0.416 e. The van der Waals surface area contributed by atoms with Crippen molar-refractivity contribution in [2.45, 2.75) is 44.0 Å². The van der Waals surface area contributed by atoms with Gasteiger partial charge in [-0.1, -0.05) is 12.5 Å². The number of methoxy groups -OCH3 is 1. The first-order valence-corrected chi connectivity index (χ1v) is 10.3. The molecule has 1 saturated carbocycles. The van der Waals surface area contributed by atoms with Crippen molar-refractivity contribution in [1.82, 2.24) is 0 Å². The first-order valence-electron chi connectivity index (χ1n) is 10.3. The number of carbonyl (C=O) groups is 2. The number of carbonyl (C=O) groups excluding carboxylic acids is 1. The normalized spacial score (nSPS) is 18.2. The van der Waals surface area contributed by atoms with Crippen LogP contribution >= 0.6 is 0 Å². The number of ether oxygens (including phenoxy) is 1. The number of hydrogen-bond acceptors (Lipinski definition) is 3. The molecule has 2 unspecified atom stereocenters. The van der Waals surface area contributed by atoms with Crippen LogP contribution in [0.5, 0.6) is 5.75 Å². The second-order valence-corrected chi connectivity index (χ2v) is 7.80. The van der Waals surface area contributed by atoms with Crippen molar-refractivity contribution in [1.29, 1.82) is 0 Å². The van der Waals surface area contributed by atoms with Gasteiger partial charge in [-0.15, -0.1) is 0 Å². The maximum Gasteiger partial charge on any atom is 0.416 e. The van der Waals surface area contributed by atoms with Crippen molar-refractivity contribution in [3.05, 3.63) is 58.9 Å². The van der Waals surface area contributed by atoms with Crippen LogP contribution in [-0.4, -0.2) is 24.6 Å². The summed E-state index contributed by atoms with van der Waals surface area (Å²) in [6.07, 6.45) is -7.25. The summed E-state index contributed by atoms with van der Waals surface area (Å²) in [5.74, 6) is -2.53. The number of rotatable bonds is 4. The van der Waals surface area contributed by atoms with Crippen molar-refractivity contribution in [2.24, 2.45) is 5.92 Å². The van der Waals surface area contributed by atoms with Crippen LogP contribution in [0.15, 0.2) is 36.4 Å². The molecule has 192 valence electrons. The highest BCUT2D eigenvalue weighted by Gasteiger charge is 2.35. The molecule has 2 N–H and O–H groups in total. The topological polar surface area (TPSA) is 75.6 Å². The molecule has 3 rings (SSSR count). The van der Waals surface area contributed by atoms with E-state index in [0.717, 1.165) is 18.2 Å². The van der Waals surface area contributed by atoms with Gasteiger partial charge in [0.1, 0.15) is 11.6 Å². The number of anilines is 1. The van der Waals surface area contributed by atoms with Gasteiger partial charge in [0.2, 0.25) is 5.91 Å². The molecule has 0 spiro atoms. The fraction of sp³-hybridized carbons (Fsp3) is 0.391. The fourth-order valence-corrected chi connectivity index (χ4v) is 3.96. The minimum Gasteiger partial charge on any atom is -0.496 e. The van der Waals surface area contributed by atoms with Crippen molar-refractivity contribution in [3.8, 4) is 5.75 Å². The van der Waals surface area contributed by atoms with E-state index in [1.807, 2.05) is 0 Å². The number of benzene rings is 2. The predicted molar refractivity (Wildman–Crippen MR) is 111 cm³/mol. The number of alkyl halides is 6. The van der Waals surface area contributed by atoms with Gasteiger partial charge in [0.05, 0.1) is 23.9 Å². The van der Waals surface area contributed by atoms with Gasteiger partial charge < -0.3 is 15.2 Å². The summed E-state index contributed by atoms with van der Waals surface area (Å²) >= 11 is 0. The average molecular weight is 509 g/mol. The van der Waals surface area contributed by atoms with Crippen LogP contribution in [0.4, 0.5) is 36.4 Å². The molecule has 5 nitrogen and oxygen atoms in total. The Morgan fingerprint density at radius 2 is 1.60 bits per heavy atom. The summed E-state index contributed by atoms with van der Waals surface area (Å²) in [4.78, 5) is 21.0. The third-order valence-electron chi connectivity index (χ3n) is 5.60. The first-order chi connectivity index (χ1) is 16.3. The van der Waals surface area contributed by atoms with Crippen molar-refractivity contribution in [3.63, 3.8) is 0 Å². The largest absolute Gasteiger partial charge is 0.496 e. The third-order valence-corrected chi connectivity index (χ3v) is 5.60. The van der Waals surface area contributed by atoms with E-state index < -0.39 is 41.1 Å². The molecule has 12 heteroatoms. The van der Waals surface area contributed by atoms with Crippen LogP contribution in [0.3, 0.4) is 0 Å². The van der Waals surface area contributed by atoms with E-state index in [1.165, 1.54) is 13.2 Å². The van der Waals surface area contributed by atoms with Crippen molar-refractivity contribution < 1.29 is 50.2 Å². The Kier molecular flexibility index (Phi) is 9.11. The Hall–Kier alpha value is -3.31. The highest BCUT2D eigenvalue weighted by molar-refractivity contribution is 5.92. The SMILES string of the molecule is COc1cc(C(F)(F)F)ccc1C1CCCC(C(=O)Nc2ccc(C(F)(F)F)cc2F)C1.O=CO. The number of amides is 1. The van der Waals surface area contributed by atoms with E-state index >= 15 is 0 Å². The molecule has 2 aromatic carbocycles. The molecule has 2 atom stereocenters. The van der Waals surface area contributed by atoms with Gasteiger partial charge in [-0.3, -0.25) is 9.59 Å². The van der Waals surface area contributed by atoms with E-state index in [4.69, 9.17) is 14.6 Å². The molecular weight excluding hydrogens is 487 g/mol. The number of hydrogen-bond donors (Lipinski definition) is 2. The van der Waals surface area contributed by atoms with Crippen molar-refractivity contribution in [2.75, 3.05) is 12.4 Å². The highest BCUT2D eigenvalue weighted by Crippen LogP contribution is 2.42. The quantitative estimate of drug-likeness (QED) is 0.365. The number of carboxylic acid groups (broad SMARTS) is 1. The Morgan fingerprint density at radius 3 is 2.14 bits per heavy atom. The van der Waals surface area contributed by atoms with E-state index in [2.05, 4.69) is 5.32 Å². The van der Waals surface area contributed by atoms with Crippen LogP contribution < -0.4 is 10.1 Å². The molecule has 0 radical (unpaired) electrons. The van der Waals surface area contributed by atoms with Crippen LogP contribution in [0.1, 0.15) is 48.3 Å². The van der Waals surface area contributed by atoms with Gasteiger partial charge in [0, 0.05) is 5.92 Å². The maximum absolute atomic E-state index is 14.1. The molecule has 2 aromatic rings. The molecule has 1 aliphatic carbocycles. The molecule has 35 heavy (non-hydrogen) atoms. The van der Waals surface area contributed by atoms with E-state index in [1.54, 1.807) is 0 Å². The molecule has 1 amide bonds. The molecule has 0 aliphatic heterocycles. The standard InChI is InChI=1S/C22H20F7NO2.CH2O2/c1-32-19-11-15(22(27,28)29)5-7-16(19)12-3-2-4-13(9-12)20(31)30-18-8-6-14(10-17(18)23)21(24,25)26;2-1-3/h5-8,10-13H,2-4,9H2,1H3,(H,30,31);1H,(H,2,3). The van der Waals surface area contributed by atoms with Gasteiger partial charge in [-0.05, 0) is 61.1 Å². The minimum atomic E-state index is -4.71.